The third kappa shape index (κ3) is 5.23. The van der Waals surface area contributed by atoms with Crippen LogP contribution in [0.4, 0.5) is 0 Å². The topological polar surface area (TPSA) is 50.6 Å². The Kier molecular flexibility index (Phi) is 7.03. The second-order valence-corrected chi connectivity index (χ2v) is 7.14. The number of aryl methyl sites for hydroxylation is 2. The van der Waals surface area contributed by atoms with Crippen molar-refractivity contribution in [3.05, 3.63) is 78.0 Å². The molecule has 0 radical (unpaired) electrons. The molecule has 0 fully saturated rings. The predicted molar refractivity (Wildman–Crippen MR) is 125 cm³/mol. The number of thiocarbonyl (C=S) groups is 1. The van der Waals surface area contributed by atoms with E-state index in [0.29, 0.717) is 18.3 Å². The molecule has 0 saturated heterocycles. The molecule has 0 aliphatic rings. The van der Waals surface area contributed by atoms with Crippen LogP contribution in [0.5, 0.6) is 5.75 Å². The molecule has 3 rings (SSSR count). The number of nitrogens with one attached hydrogen (secondary N) is 2. The summed E-state index contributed by atoms with van der Waals surface area (Å²) in [7, 11) is 0. The van der Waals surface area contributed by atoms with Gasteiger partial charge in [-0.05, 0) is 43.3 Å². The average Bonchev–Trinajstić information content (AvgIpc) is 3.06. The number of rotatable bonds is 8. The molecular formula is C23H26N4OS. The smallest absolute Gasteiger partial charge is 0.187 e. The van der Waals surface area contributed by atoms with Crippen molar-refractivity contribution in [1.82, 2.24) is 15.3 Å². The fourth-order valence-corrected chi connectivity index (χ4v) is 3.34. The van der Waals surface area contributed by atoms with E-state index in [1.54, 1.807) is 12.3 Å². The SMILES string of the molecule is C=CCNC(=S)N/N=C\c1cn(CCOc2c(C)cccc2C)c2ccccc12. The number of aromatic nitrogens is 1. The molecule has 2 N–H and O–H groups in total. The molecule has 3 aromatic rings. The first-order valence-electron chi connectivity index (χ1n) is 9.55. The van der Waals surface area contributed by atoms with Crippen molar-refractivity contribution < 1.29 is 4.74 Å². The van der Waals surface area contributed by atoms with Crippen LogP contribution in [0.1, 0.15) is 16.7 Å². The van der Waals surface area contributed by atoms with Crippen LogP contribution in [0.15, 0.2) is 66.4 Å². The van der Waals surface area contributed by atoms with E-state index in [2.05, 4.69) is 77.4 Å². The highest BCUT2D eigenvalue weighted by Crippen LogP contribution is 2.23. The quantitative estimate of drug-likeness (QED) is 0.253. The molecule has 0 spiro atoms. The third-order valence-electron chi connectivity index (χ3n) is 4.58. The first kappa shape index (κ1) is 20.6. The summed E-state index contributed by atoms with van der Waals surface area (Å²) in [6.45, 7) is 9.73. The summed E-state index contributed by atoms with van der Waals surface area (Å²) in [5.41, 5.74) is 7.30. The Morgan fingerprint density at radius 2 is 1.93 bits per heavy atom. The number of hydrogen-bond donors (Lipinski definition) is 2. The van der Waals surface area contributed by atoms with Crippen LogP contribution in [0, 0.1) is 13.8 Å². The fraction of sp³-hybridized carbons (Fsp3) is 0.217. The van der Waals surface area contributed by atoms with E-state index >= 15 is 0 Å². The van der Waals surface area contributed by atoms with Crippen molar-refractivity contribution >= 4 is 34.4 Å². The van der Waals surface area contributed by atoms with Gasteiger partial charge in [-0.15, -0.1) is 6.58 Å². The van der Waals surface area contributed by atoms with Crippen LogP contribution in [-0.2, 0) is 6.54 Å². The maximum absolute atomic E-state index is 6.08. The van der Waals surface area contributed by atoms with Crippen molar-refractivity contribution in [3.8, 4) is 5.75 Å². The largest absolute Gasteiger partial charge is 0.491 e. The Labute approximate surface area is 177 Å². The van der Waals surface area contributed by atoms with Gasteiger partial charge in [0.2, 0.25) is 0 Å². The second-order valence-electron chi connectivity index (χ2n) is 6.73. The van der Waals surface area contributed by atoms with Crippen molar-refractivity contribution in [2.45, 2.75) is 20.4 Å². The molecule has 150 valence electrons. The maximum Gasteiger partial charge on any atom is 0.187 e. The molecule has 2 aromatic carbocycles. The molecule has 1 heterocycles. The minimum absolute atomic E-state index is 0.465. The van der Waals surface area contributed by atoms with Gasteiger partial charge in [0.25, 0.3) is 0 Å². The molecule has 6 heteroatoms. The van der Waals surface area contributed by atoms with Crippen molar-refractivity contribution in [2.75, 3.05) is 13.2 Å². The van der Waals surface area contributed by atoms with Crippen LogP contribution < -0.4 is 15.5 Å². The van der Waals surface area contributed by atoms with Crippen LogP contribution in [0.25, 0.3) is 10.9 Å². The van der Waals surface area contributed by atoms with Crippen LogP contribution in [0.3, 0.4) is 0 Å². The van der Waals surface area contributed by atoms with Crippen LogP contribution in [0.2, 0.25) is 0 Å². The van der Waals surface area contributed by atoms with Gasteiger partial charge in [0, 0.05) is 29.2 Å². The van der Waals surface area contributed by atoms with Gasteiger partial charge in [-0.2, -0.15) is 5.10 Å². The van der Waals surface area contributed by atoms with Crippen LogP contribution >= 0.6 is 12.2 Å². The van der Waals surface area contributed by atoms with Gasteiger partial charge in [0.1, 0.15) is 12.4 Å². The Balaban J connectivity index is 1.70. The molecule has 0 atom stereocenters. The summed E-state index contributed by atoms with van der Waals surface area (Å²) < 4.78 is 8.27. The Morgan fingerprint density at radius 1 is 1.17 bits per heavy atom. The molecule has 1 aromatic heterocycles. The standard InChI is InChI=1S/C23H26N4OS/c1-4-12-24-23(29)26-25-15-19-16-27(21-11-6-5-10-20(19)21)13-14-28-22-17(2)8-7-9-18(22)3/h4-11,15-16H,1,12-14H2,2-3H3,(H2,24,26,29)/b25-15-. The van der Waals surface area contributed by atoms with E-state index in [1.165, 1.54) is 0 Å². The zero-order valence-electron chi connectivity index (χ0n) is 16.8. The van der Waals surface area contributed by atoms with Gasteiger partial charge in [0.05, 0.1) is 12.8 Å². The molecule has 0 aliphatic heterocycles. The monoisotopic (exact) mass is 406 g/mol. The summed E-state index contributed by atoms with van der Waals surface area (Å²) in [6, 6.07) is 14.5. The van der Waals surface area contributed by atoms with Gasteiger partial charge >= 0.3 is 0 Å². The third-order valence-corrected chi connectivity index (χ3v) is 4.82. The zero-order chi connectivity index (χ0) is 20.6. The van der Waals surface area contributed by atoms with E-state index in [4.69, 9.17) is 17.0 Å². The Morgan fingerprint density at radius 3 is 2.69 bits per heavy atom. The van der Waals surface area contributed by atoms with Gasteiger partial charge < -0.3 is 14.6 Å². The number of ether oxygens (including phenoxy) is 1. The molecule has 0 saturated carbocycles. The molecular weight excluding hydrogens is 380 g/mol. The number of fused-ring (bicyclic) bond motifs is 1. The fourth-order valence-electron chi connectivity index (χ4n) is 3.20. The summed E-state index contributed by atoms with van der Waals surface area (Å²) in [5.74, 6) is 0.968. The van der Waals surface area contributed by atoms with E-state index in [-0.39, 0.29) is 0 Å². The van der Waals surface area contributed by atoms with E-state index in [0.717, 1.165) is 39.9 Å². The average molecular weight is 407 g/mol. The summed E-state index contributed by atoms with van der Waals surface area (Å²) in [6.07, 6.45) is 5.61. The van der Waals surface area contributed by atoms with Crippen molar-refractivity contribution in [3.63, 3.8) is 0 Å². The highest BCUT2D eigenvalue weighted by molar-refractivity contribution is 7.80. The van der Waals surface area contributed by atoms with Crippen LogP contribution in [-0.4, -0.2) is 29.0 Å². The number of hydrogen-bond acceptors (Lipinski definition) is 3. The highest BCUT2D eigenvalue weighted by Gasteiger charge is 2.08. The minimum Gasteiger partial charge on any atom is -0.491 e. The zero-order valence-corrected chi connectivity index (χ0v) is 17.6. The minimum atomic E-state index is 0.465. The van der Waals surface area contributed by atoms with Gasteiger partial charge in [-0.3, -0.25) is 5.43 Å². The van der Waals surface area contributed by atoms with Gasteiger partial charge in [0.15, 0.2) is 5.11 Å². The molecule has 0 bridgehead atoms. The van der Waals surface area contributed by atoms with E-state index in [9.17, 15) is 0 Å². The lowest BCUT2D eigenvalue weighted by molar-refractivity contribution is 0.296. The highest BCUT2D eigenvalue weighted by atomic mass is 32.1. The maximum atomic E-state index is 6.08. The number of para-hydroxylation sites is 2. The lowest BCUT2D eigenvalue weighted by atomic mass is 10.1. The lowest BCUT2D eigenvalue weighted by Gasteiger charge is -2.12. The summed E-state index contributed by atoms with van der Waals surface area (Å²) >= 11 is 5.16. The Hall–Kier alpha value is -3.12. The summed E-state index contributed by atoms with van der Waals surface area (Å²) in [5, 5.41) is 8.83. The lowest BCUT2D eigenvalue weighted by Crippen LogP contribution is -2.31. The number of hydrazone groups is 1. The normalized spacial score (nSPS) is 11.0. The predicted octanol–water partition coefficient (Wildman–Crippen LogP) is 4.32. The molecule has 0 amide bonds. The number of benzene rings is 2. The first-order valence-corrected chi connectivity index (χ1v) is 9.95. The second kappa shape index (κ2) is 9.89. The summed E-state index contributed by atoms with van der Waals surface area (Å²) in [4.78, 5) is 0. The number of nitrogens with zero attached hydrogens (tertiary/aromatic N) is 2. The molecule has 29 heavy (non-hydrogen) atoms. The molecule has 0 aliphatic carbocycles. The molecule has 0 unspecified atom stereocenters. The van der Waals surface area contributed by atoms with E-state index in [1.807, 2.05) is 12.1 Å². The van der Waals surface area contributed by atoms with Gasteiger partial charge in [-0.1, -0.05) is 42.5 Å². The Bertz CT molecular complexity index is 1020. The first-order chi connectivity index (χ1) is 14.1. The van der Waals surface area contributed by atoms with Crippen molar-refractivity contribution in [1.29, 1.82) is 0 Å². The van der Waals surface area contributed by atoms with Gasteiger partial charge in [-0.25, -0.2) is 0 Å². The molecule has 5 nitrogen and oxygen atoms in total. The van der Waals surface area contributed by atoms with Crippen molar-refractivity contribution in [2.24, 2.45) is 5.10 Å². The van der Waals surface area contributed by atoms with E-state index < -0.39 is 0 Å².